The third-order valence-electron chi connectivity index (χ3n) is 8.11. The van der Waals surface area contributed by atoms with Crippen molar-refractivity contribution in [3.05, 3.63) is 95.1 Å². The summed E-state index contributed by atoms with van der Waals surface area (Å²) in [6, 6.07) is 24.0. The summed E-state index contributed by atoms with van der Waals surface area (Å²) in [5, 5.41) is 8.87. The Hall–Kier alpha value is -3.68. The topological polar surface area (TPSA) is 102 Å². The number of aliphatic carboxylic acids is 1. The number of hydrogen-bond donors (Lipinski definition) is 2. The van der Waals surface area contributed by atoms with Gasteiger partial charge in [0.25, 0.3) is 0 Å². The summed E-state index contributed by atoms with van der Waals surface area (Å²) >= 11 is 0. The molecule has 1 fully saturated rings. The second kappa shape index (κ2) is 13.1. The van der Waals surface area contributed by atoms with Crippen LogP contribution in [0.3, 0.4) is 0 Å². The van der Waals surface area contributed by atoms with E-state index in [1.54, 1.807) is 0 Å². The number of carbonyl (C=O) groups excluding carboxylic acids is 1. The van der Waals surface area contributed by atoms with Crippen LogP contribution in [0.25, 0.3) is 0 Å². The number of benzene rings is 3. The number of aryl methyl sites for hydroxylation is 1. The number of carboxylic acids is 1. The van der Waals surface area contributed by atoms with Crippen LogP contribution >= 0.6 is 0 Å². The molecule has 7 heteroatoms. The number of carboxylic acid groups (broad SMARTS) is 1. The van der Waals surface area contributed by atoms with Crippen molar-refractivity contribution in [2.24, 2.45) is 5.73 Å². The maximum absolute atomic E-state index is 12.4. The highest BCUT2D eigenvalue weighted by molar-refractivity contribution is 5.79. The molecule has 3 N–H and O–H groups in total. The average molecular weight is 543 g/mol. The molecule has 3 atom stereocenters. The Labute approximate surface area is 235 Å². The average Bonchev–Trinajstić information content (AvgIpc) is 3.49. The Morgan fingerprint density at radius 1 is 0.950 bits per heavy atom. The summed E-state index contributed by atoms with van der Waals surface area (Å²) in [5.41, 5.74) is 10.8. The van der Waals surface area contributed by atoms with Gasteiger partial charge in [0, 0.05) is 18.9 Å². The lowest BCUT2D eigenvalue weighted by molar-refractivity contribution is -0.138. The molecule has 1 saturated heterocycles. The van der Waals surface area contributed by atoms with Gasteiger partial charge in [-0.25, -0.2) is 4.79 Å². The van der Waals surface area contributed by atoms with E-state index in [2.05, 4.69) is 59.5 Å². The van der Waals surface area contributed by atoms with Gasteiger partial charge in [0.15, 0.2) is 0 Å². The number of carbonyl (C=O) groups is 2. The van der Waals surface area contributed by atoms with E-state index in [4.69, 9.17) is 20.3 Å². The van der Waals surface area contributed by atoms with Crippen LogP contribution in [-0.4, -0.2) is 54.2 Å². The molecule has 1 aliphatic heterocycles. The predicted octanol–water partition coefficient (Wildman–Crippen LogP) is 5.12. The van der Waals surface area contributed by atoms with E-state index in [-0.39, 0.29) is 18.8 Å². The molecule has 0 spiro atoms. The van der Waals surface area contributed by atoms with Crippen molar-refractivity contribution < 1.29 is 24.2 Å². The molecular weight excluding hydrogens is 504 g/mol. The normalized spacial score (nSPS) is 19.5. The lowest BCUT2D eigenvalue weighted by atomic mass is 9.69. The maximum Gasteiger partial charge on any atom is 0.328 e. The molecule has 0 saturated carbocycles. The van der Waals surface area contributed by atoms with E-state index in [0.717, 1.165) is 30.7 Å². The number of nitrogens with zero attached hydrogens (tertiary/aromatic N) is 1. The van der Waals surface area contributed by atoms with E-state index in [1.807, 2.05) is 18.2 Å². The van der Waals surface area contributed by atoms with Crippen molar-refractivity contribution in [1.29, 1.82) is 0 Å². The summed E-state index contributed by atoms with van der Waals surface area (Å²) in [6.07, 6.45) is 4.25. The van der Waals surface area contributed by atoms with Crippen LogP contribution in [0.1, 0.15) is 66.2 Å². The van der Waals surface area contributed by atoms with Gasteiger partial charge in [0.05, 0.1) is 0 Å². The minimum Gasteiger partial charge on any atom is -0.492 e. The summed E-state index contributed by atoms with van der Waals surface area (Å²) in [4.78, 5) is 25.7. The molecule has 40 heavy (non-hydrogen) atoms. The minimum atomic E-state index is -0.988. The number of hydrogen-bond acceptors (Lipinski definition) is 6. The van der Waals surface area contributed by atoms with Gasteiger partial charge in [-0.3, -0.25) is 9.69 Å². The molecule has 7 nitrogen and oxygen atoms in total. The molecule has 1 aliphatic carbocycles. The molecular formula is C33H38N2O5. The maximum atomic E-state index is 12.4. The SMILES string of the molecule is N[C@@H](CCC(=O)O)C(=O)Oc1ccc2c(c1)CC[C@H](c1ccccc1)[C@@H]2c1ccc(OCCN2CCCC2)cc1. The number of fused-ring (bicyclic) bond motifs is 1. The number of esters is 1. The van der Waals surface area contributed by atoms with E-state index >= 15 is 0 Å². The highest BCUT2D eigenvalue weighted by Crippen LogP contribution is 2.47. The first kappa shape index (κ1) is 27.9. The first-order valence-corrected chi connectivity index (χ1v) is 14.3. The third-order valence-corrected chi connectivity index (χ3v) is 8.11. The van der Waals surface area contributed by atoms with E-state index in [9.17, 15) is 9.59 Å². The molecule has 1 heterocycles. The van der Waals surface area contributed by atoms with Crippen LogP contribution in [0, 0.1) is 0 Å². The molecule has 0 amide bonds. The zero-order chi connectivity index (χ0) is 27.9. The Balaban J connectivity index is 1.34. The Morgan fingerprint density at radius 2 is 1.68 bits per heavy atom. The second-order valence-electron chi connectivity index (χ2n) is 10.8. The van der Waals surface area contributed by atoms with Crippen molar-refractivity contribution in [2.45, 2.75) is 56.4 Å². The molecule has 0 bridgehead atoms. The molecule has 3 aromatic carbocycles. The van der Waals surface area contributed by atoms with E-state index < -0.39 is 18.0 Å². The van der Waals surface area contributed by atoms with Gasteiger partial charge < -0.3 is 20.3 Å². The van der Waals surface area contributed by atoms with Gasteiger partial charge in [0.2, 0.25) is 0 Å². The van der Waals surface area contributed by atoms with Crippen molar-refractivity contribution in [2.75, 3.05) is 26.2 Å². The van der Waals surface area contributed by atoms with Crippen LogP contribution in [0.15, 0.2) is 72.8 Å². The first-order valence-electron chi connectivity index (χ1n) is 14.3. The van der Waals surface area contributed by atoms with Gasteiger partial charge in [-0.2, -0.15) is 0 Å². The highest BCUT2D eigenvalue weighted by atomic mass is 16.5. The van der Waals surface area contributed by atoms with E-state index in [1.165, 1.54) is 42.6 Å². The van der Waals surface area contributed by atoms with Gasteiger partial charge in [-0.1, -0.05) is 48.5 Å². The molecule has 0 aromatic heterocycles. The minimum absolute atomic E-state index is 0.0396. The molecule has 0 unspecified atom stereocenters. The number of nitrogens with two attached hydrogens (primary N) is 1. The summed E-state index contributed by atoms with van der Waals surface area (Å²) in [5.74, 6) is 0.180. The fourth-order valence-corrected chi connectivity index (χ4v) is 5.99. The van der Waals surface area contributed by atoms with Crippen LogP contribution in [0.2, 0.25) is 0 Å². The first-order chi connectivity index (χ1) is 19.5. The largest absolute Gasteiger partial charge is 0.492 e. The summed E-state index contributed by atoms with van der Waals surface area (Å²) < 4.78 is 11.6. The van der Waals surface area contributed by atoms with Crippen molar-refractivity contribution in [3.8, 4) is 11.5 Å². The van der Waals surface area contributed by atoms with Crippen LogP contribution in [0.4, 0.5) is 0 Å². The van der Waals surface area contributed by atoms with Crippen molar-refractivity contribution in [3.63, 3.8) is 0 Å². The molecule has 3 aromatic rings. The highest BCUT2D eigenvalue weighted by Gasteiger charge is 2.32. The number of ether oxygens (including phenoxy) is 2. The zero-order valence-electron chi connectivity index (χ0n) is 22.8. The van der Waals surface area contributed by atoms with E-state index in [0.29, 0.717) is 18.3 Å². The van der Waals surface area contributed by atoms with Gasteiger partial charge >= 0.3 is 11.9 Å². The number of likely N-dealkylation sites (tertiary alicyclic amines) is 1. The van der Waals surface area contributed by atoms with Gasteiger partial charge in [0.1, 0.15) is 24.1 Å². The predicted molar refractivity (Wildman–Crippen MR) is 154 cm³/mol. The quantitative estimate of drug-likeness (QED) is 0.256. The van der Waals surface area contributed by atoms with Crippen LogP contribution in [-0.2, 0) is 16.0 Å². The standard InChI is InChI=1S/C33H38N2O5/c34-30(16-17-31(36)37)33(38)40-27-13-15-29-25(22-27)10-14-28(23-6-2-1-3-7-23)32(29)24-8-11-26(12-9-24)39-21-20-35-18-4-5-19-35/h1-3,6-9,11-13,15,22,28,30,32H,4-5,10,14,16-21,34H2,(H,36,37)/t28-,30+,32+/m1/s1. The lowest BCUT2D eigenvalue weighted by Gasteiger charge is -2.35. The van der Waals surface area contributed by atoms with Crippen LogP contribution in [0.5, 0.6) is 11.5 Å². The second-order valence-corrected chi connectivity index (χ2v) is 10.8. The summed E-state index contributed by atoms with van der Waals surface area (Å²) in [6.45, 7) is 4.00. The zero-order valence-corrected chi connectivity index (χ0v) is 22.8. The fraction of sp³-hybridized carbons (Fsp3) is 0.394. The smallest absolute Gasteiger partial charge is 0.328 e. The van der Waals surface area contributed by atoms with Crippen LogP contribution < -0.4 is 15.2 Å². The molecule has 2 aliphatic rings. The Kier molecular flexibility index (Phi) is 9.14. The van der Waals surface area contributed by atoms with Crippen molar-refractivity contribution >= 4 is 11.9 Å². The van der Waals surface area contributed by atoms with Crippen molar-refractivity contribution in [1.82, 2.24) is 4.90 Å². The van der Waals surface area contributed by atoms with Gasteiger partial charge in [-0.05, 0) is 97.6 Å². The Morgan fingerprint density at radius 3 is 2.40 bits per heavy atom. The molecule has 0 radical (unpaired) electrons. The molecule has 210 valence electrons. The lowest BCUT2D eigenvalue weighted by Crippen LogP contribution is -2.34. The number of rotatable bonds is 11. The third kappa shape index (κ3) is 6.90. The Bertz CT molecular complexity index is 1290. The van der Waals surface area contributed by atoms with Gasteiger partial charge in [-0.15, -0.1) is 0 Å². The summed E-state index contributed by atoms with van der Waals surface area (Å²) in [7, 11) is 0. The molecule has 5 rings (SSSR count). The monoisotopic (exact) mass is 542 g/mol. The fourth-order valence-electron chi connectivity index (χ4n) is 5.99.